The number of hydrogen-bond acceptors (Lipinski definition) is 2. The molecule has 1 aromatic carbocycles. The van der Waals surface area contributed by atoms with E-state index in [-0.39, 0.29) is 0 Å². The van der Waals surface area contributed by atoms with Crippen LogP contribution in [0.25, 0.3) is 0 Å². The van der Waals surface area contributed by atoms with Gasteiger partial charge in [-0.2, -0.15) is 0 Å². The normalized spacial score (nSPS) is 20.4. The first-order valence-corrected chi connectivity index (χ1v) is 7.52. The molecular weight excluding hydrogens is 292 g/mol. The highest BCUT2D eigenvalue weighted by atomic mass is 79.9. The predicted molar refractivity (Wildman–Crippen MR) is 75.2 cm³/mol. The number of methoxy groups -OCH3 is 1. The lowest BCUT2D eigenvalue weighted by Crippen LogP contribution is -2.16. The molecule has 0 unspecified atom stereocenters. The van der Waals surface area contributed by atoms with Crippen LogP contribution in [0.5, 0.6) is 5.75 Å². The van der Waals surface area contributed by atoms with E-state index < -0.39 is 5.60 Å². The molecule has 2 nitrogen and oxygen atoms in total. The van der Waals surface area contributed by atoms with Crippen LogP contribution in [-0.4, -0.2) is 17.8 Å². The Kier molecular flexibility index (Phi) is 3.15. The maximum Gasteiger partial charge on any atom is 0.136 e. The van der Waals surface area contributed by atoms with Crippen molar-refractivity contribution < 1.29 is 9.84 Å². The van der Waals surface area contributed by atoms with Crippen LogP contribution in [0.1, 0.15) is 42.4 Å². The summed E-state index contributed by atoms with van der Waals surface area (Å²) < 4.78 is 6.59. The summed E-state index contributed by atoms with van der Waals surface area (Å²) in [6.07, 6.45) is 7.42. The maximum absolute atomic E-state index is 10.2. The highest BCUT2D eigenvalue weighted by Crippen LogP contribution is 2.44. The summed E-state index contributed by atoms with van der Waals surface area (Å²) in [5.74, 6) is 0.927. The van der Waals surface area contributed by atoms with Gasteiger partial charge in [0.15, 0.2) is 0 Å². The SMILES string of the molecule is COc1c(Br)cc2c(c1CC1(O)CC1)CCCC2. The second-order valence-electron chi connectivity index (χ2n) is 5.62. The standard InChI is InChI=1S/C15H19BrO2/c1-18-14-12(9-15(17)6-7-15)11-5-3-2-4-10(11)8-13(14)16/h8,17H,2-7,9H2,1H3. The fourth-order valence-electron chi connectivity index (χ4n) is 2.99. The van der Waals surface area contributed by atoms with Gasteiger partial charge in [-0.1, -0.05) is 0 Å². The largest absolute Gasteiger partial charge is 0.495 e. The molecule has 3 rings (SSSR count). The van der Waals surface area contributed by atoms with Gasteiger partial charge in [0, 0.05) is 12.0 Å². The van der Waals surface area contributed by atoms with Crippen LogP contribution in [0.3, 0.4) is 0 Å². The Labute approximate surface area is 116 Å². The fraction of sp³-hybridized carbons (Fsp3) is 0.600. The van der Waals surface area contributed by atoms with E-state index in [1.807, 2.05) is 0 Å². The van der Waals surface area contributed by atoms with E-state index in [1.54, 1.807) is 7.11 Å². The van der Waals surface area contributed by atoms with Gasteiger partial charge in [0.2, 0.25) is 0 Å². The maximum atomic E-state index is 10.2. The zero-order valence-corrected chi connectivity index (χ0v) is 12.3. The average Bonchev–Trinajstić information content (AvgIpc) is 3.07. The molecule has 2 aliphatic carbocycles. The van der Waals surface area contributed by atoms with Gasteiger partial charge in [-0.15, -0.1) is 0 Å². The second kappa shape index (κ2) is 4.53. The molecule has 1 fully saturated rings. The van der Waals surface area contributed by atoms with Gasteiger partial charge in [0.05, 0.1) is 17.2 Å². The highest BCUT2D eigenvalue weighted by molar-refractivity contribution is 9.10. The lowest BCUT2D eigenvalue weighted by Gasteiger charge is -2.24. The first-order valence-electron chi connectivity index (χ1n) is 6.72. The summed E-state index contributed by atoms with van der Waals surface area (Å²) in [4.78, 5) is 0. The van der Waals surface area contributed by atoms with Crippen molar-refractivity contribution in [1.82, 2.24) is 0 Å². The second-order valence-corrected chi connectivity index (χ2v) is 6.47. The molecule has 1 saturated carbocycles. The minimum absolute atomic E-state index is 0.459. The van der Waals surface area contributed by atoms with Crippen LogP contribution in [0.4, 0.5) is 0 Å². The highest BCUT2D eigenvalue weighted by Gasteiger charge is 2.42. The quantitative estimate of drug-likeness (QED) is 0.927. The molecule has 0 atom stereocenters. The number of ether oxygens (including phenoxy) is 1. The Hall–Kier alpha value is -0.540. The van der Waals surface area contributed by atoms with Crippen LogP contribution < -0.4 is 4.74 Å². The van der Waals surface area contributed by atoms with Crippen LogP contribution in [0.2, 0.25) is 0 Å². The van der Waals surface area contributed by atoms with Gasteiger partial charge in [-0.25, -0.2) is 0 Å². The molecule has 98 valence electrons. The molecule has 0 bridgehead atoms. The van der Waals surface area contributed by atoms with Gasteiger partial charge in [0.25, 0.3) is 0 Å². The molecule has 18 heavy (non-hydrogen) atoms. The minimum Gasteiger partial charge on any atom is -0.495 e. The molecule has 0 spiro atoms. The van der Waals surface area contributed by atoms with E-state index in [4.69, 9.17) is 4.74 Å². The van der Waals surface area contributed by atoms with E-state index in [2.05, 4.69) is 22.0 Å². The molecule has 2 aliphatic rings. The van der Waals surface area contributed by atoms with Crippen molar-refractivity contribution in [1.29, 1.82) is 0 Å². The van der Waals surface area contributed by atoms with Crippen molar-refractivity contribution in [3.05, 3.63) is 27.2 Å². The Balaban J connectivity index is 2.08. The van der Waals surface area contributed by atoms with Gasteiger partial charge in [-0.3, -0.25) is 0 Å². The predicted octanol–water partition coefficient (Wildman–Crippen LogP) is 3.40. The number of benzene rings is 1. The number of halogens is 1. The molecule has 0 aromatic heterocycles. The van der Waals surface area contributed by atoms with Crippen molar-refractivity contribution in [3.63, 3.8) is 0 Å². The number of hydrogen-bond donors (Lipinski definition) is 1. The number of aryl methyl sites for hydroxylation is 1. The van der Waals surface area contributed by atoms with E-state index in [0.29, 0.717) is 0 Å². The first kappa shape index (κ1) is 12.5. The minimum atomic E-state index is -0.459. The van der Waals surface area contributed by atoms with Crippen molar-refractivity contribution in [2.45, 2.75) is 50.5 Å². The first-order chi connectivity index (χ1) is 8.63. The van der Waals surface area contributed by atoms with Crippen LogP contribution in [0, 0.1) is 0 Å². The van der Waals surface area contributed by atoms with Crippen molar-refractivity contribution in [2.24, 2.45) is 0 Å². The third-order valence-electron chi connectivity index (χ3n) is 4.20. The zero-order valence-electron chi connectivity index (χ0n) is 10.8. The van der Waals surface area contributed by atoms with Crippen molar-refractivity contribution >= 4 is 15.9 Å². The van der Waals surface area contributed by atoms with Gasteiger partial charge in [-0.05, 0) is 71.6 Å². The van der Waals surface area contributed by atoms with E-state index in [1.165, 1.54) is 29.5 Å². The number of rotatable bonds is 3. The molecule has 3 heteroatoms. The molecule has 1 aromatic rings. The summed E-state index contributed by atoms with van der Waals surface area (Å²) in [6, 6.07) is 2.20. The van der Waals surface area contributed by atoms with Crippen molar-refractivity contribution in [3.8, 4) is 5.75 Å². The van der Waals surface area contributed by atoms with Crippen LogP contribution >= 0.6 is 15.9 Å². The number of fused-ring (bicyclic) bond motifs is 1. The third kappa shape index (κ3) is 2.19. The lowest BCUT2D eigenvalue weighted by molar-refractivity contribution is 0.149. The Bertz CT molecular complexity index is 478. The monoisotopic (exact) mass is 310 g/mol. The molecule has 0 amide bonds. The molecule has 1 N–H and O–H groups in total. The lowest BCUT2D eigenvalue weighted by atomic mass is 9.85. The van der Waals surface area contributed by atoms with Gasteiger partial charge < -0.3 is 9.84 Å². The summed E-state index contributed by atoms with van der Waals surface area (Å²) >= 11 is 3.61. The zero-order chi connectivity index (χ0) is 12.8. The summed E-state index contributed by atoms with van der Waals surface area (Å²) in [6.45, 7) is 0. The summed E-state index contributed by atoms with van der Waals surface area (Å²) in [5, 5.41) is 10.2. The van der Waals surface area contributed by atoms with Gasteiger partial charge in [0.1, 0.15) is 5.75 Å². The Morgan fingerprint density at radius 3 is 2.72 bits per heavy atom. The topological polar surface area (TPSA) is 29.5 Å². The average molecular weight is 311 g/mol. The summed E-state index contributed by atoms with van der Waals surface area (Å²) in [5.41, 5.74) is 3.65. The van der Waals surface area contributed by atoms with E-state index >= 15 is 0 Å². The smallest absolute Gasteiger partial charge is 0.136 e. The van der Waals surface area contributed by atoms with Gasteiger partial charge >= 0.3 is 0 Å². The van der Waals surface area contributed by atoms with E-state index in [0.717, 1.165) is 42.3 Å². The molecular formula is C15H19BrO2. The molecule has 0 heterocycles. The van der Waals surface area contributed by atoms with E-state index in [9.17, 15) is 5.11 Å². The Morgan fingerprint density at radius 1 is 1.33 bits per heavy atom. The fourth-order valence-corrected chi connectivity index (χ4v) is 3.67. The molecule has 0 saturated heterocycles. The Morgan fingerprint density at radius 2 is 2.06 bits per heavy atom. The molecule has 0 radical (unpaired) electrons. The third-order valence-corrected chi connectivity index (χ3v) is 4.79. The van der Waals surface area contributed by atoms with Crippen molar-refractivity contribution in [2.75, 3.05) is 7.11 Å². The summed E-state index contributed by atoms with van der Waals surface area (Å²) in [7, 11) is 1.72. The van der Waals surface area contributed by atoms with Crippen LogP contribution in [0.15, 0.2) is 10.5 Å². The number of aliphatic hydroxyl groups is 1. The van der Waals surface area contributed by atoms with Crippen LogP contribution in [-0.2, 0) is 19.3 Å². The molecule has 0 aliphatic heterocycles.